The van der Waals surface area contributed by atoms with Crippen LogP contribution in [0.5, 0.6) is 0 Å². The molecule has 0 saturated carbocycles. The normalized spacial score (nSPS) is 27.8. The number of nitrogens with zero attached hydrogens (tertiary/aromatic N) is 4. The monoisotopic (exact) mass is 335 g/mol. The molecule has 24 heavy (non-hydrogen) atoms. The van der Waals surface area contributed by atoms with Crippen molar-refractivity contribution >= 4 is 11.3 Å². The van der Waals surface area contributed by atoms with E-state index in [4.69, 9.17) is 5.73 Å². The molecule has 120 valence electrons. The minimum atomic E-state index is -1.44. The predicted molar refractivity (Wildman–Crippen MR) is 91.2 cm³/mol. The Morgan fingerprint density at radius 1 is 1.38 bits per heavy atom. The summed E-state index contributed by atoms with van der Waals surface area (Å²) < 4.78 is 0. The Hall–Kier alpha value is -2.59. The number of fused-ring (bicyclic) bond motifs is 1. The lowest BCUT2D eigenvalue weighted by molar-refractivity contribution is 0.221. The summed E-state index contributed by atoms with van der Waals surface area (Å²) in [6, 6.07) is 9.48. The van der Waals surface area contributed by atoms with Crippen LogP contribution in [0.2, 0.25) is 0 Å². The number of hydrogen-bond acceptors (Lipinski definition) is 6. The molecule has 6 heteroatoms. The smallest absolute Gasteiger partial charge is 0.171 e. The highest BCUT2D eigenvalue weighted by molar-refractivity contribution is 7.10. The molecule has 0 bridgehead atoms. The van der Waals surface area contributed by atoms with Gasteiger partial charge in [0.05, 0.1) is 29.8 Å². The minimum absolute atomic E-state index is 0.0950. The minimum Gasteiger partial charge on any atom is -0.377 e. The van der Waals surface area contributed by atoms with Gasteiger partial charge in [0.25, 0.3) is 0 Å². The van der Waals surface area contributed by atoms with Crippen LogP contribution in [0.4, 0.5) is 0 Å². The van der Waals surface area contributed by atoms with Gasteiger partial charge in [0.2, 0.25) is 0 Å². The van der Waals surface area contributed by atoms with E-state index in [1.807, 2.05) is 29.8 Å². The molecule has 1 aromatic rings. The molecule has 3 rings (SSSR count). The van der Waals surface area contributed by atoms with E-state index in [1.165, 1.54) is 11.3 Å². The largest absolute Gasteiger partial charge is 0.377 e. The molecule has 0 spiro atoms. The van der Waals surface area contributed by atoms with Gasteiger partial charge >= 0.3 is 0 Å². The zero-order chi connectivity index (χ0) is 17.3. The third-order valence-electron chi connectivity index (χ3n) is 5.05. The summed E-state index contributed by atoms with van der Waals surface area (Å²) in [5, 5.41) is 31.3. The first-order valence-corrected chi connectivity index (χ1v) is 8.68. The fourth-order valence-corrected chi connectivity index (χ4v) is 4.74. The van der Waals surface area contributed by atoms with E-state index in [1.54, 1.807) is 0 Å². The van der Waals surface area contributed by atoms with Gasteiger partial charge in [0, 0.05) is 29.8 Å². The maximum atomic E-state index is 9.90. The van der Waals surface area contributed by atoms with Crippen molar-refractivity contribution in [3.05, 3.63) is 45.8 Å². The molecule has 3 atom stereocenters. The number of nitriles is 3. The third kappa shape index (κ3) is 2.14. The number of allylic oxidation sites excluding steroid dienone is 1. The summed E-state index contributed by atoms with van der Waals surface area (Å²) in [5.41, 5.74) is 6.09. The van der Waals surface area contributed by atoms with E-state index in [0.717, 1.165) is 17.0 Å². The van der Waals surface area contributed by atoms with Crippen LogP contribution in [0.15, 0.2) is 40.9 Å². The van der Waals surface area contributed by atoms with Gasteiger partial charge in [0.15, 0.2) is 5.41 Å². The Labute approximate surface area is 145 Å². The molecule has 1 aromatic heterocycles. The Kier molecular flexibility index (Phi) is 4.16. The van der Waals surface area contributed by atoms with Crippen LogP contribution in [0.25, 0.3) is 0 Å². The molecule has 2 heterocycles. The van der Waals surface area contributed by atoms with Gasteiger partial charge in [-0.25, -0.2) is 0 Å². The average molecular weight is 335 g/mol. The lowest BCUT2D eigenvalue weighted by atomic mass is 9.57. The van der Waals surface area contributed by atoms with Crippen LogP contribution in [0, 0.1) is 45.3 Å². The van der Waals surface area contributed by atoms with Crippen molar-refractivity contribution in [2.45, 2.75) is 18.9 Å². The maximum absolute atomic E-state index is 9.90. The molecule has 1 aliphatic heterocycles. The molecule has 2 aliphatic rings. The van der Waals surface area contributed by atoms with Crippen molar-refractivity contribution in [2.75, 3.05) is 13.1 Å². The summed E-state index contributed by atoms with van der Waals surface area (Å²) in [6.07, 6.45) is 3.89. The van der Waals surface area contributed by atoms with Crippen molar-refractivity contribution < 1.29 is 0 Å². The predicted octanol–water partition coefficient (Wildman–Crippen LogP) is 2.49. The van der Waals surface area contributed by atoms with Crippen molar-refractivity contribution in [3.63, 3.8) is 0 Å². The van der Waals surface area contributed by atoms with Crippen LogP contribution in [0.1, 0.15) is 17.7 Å². The first-order valence-electron chi connectivity index (χ1n) is 7.80. The summed E-state index contributed by atoms with van der Waals surface area (Å²) in [7, 11) is 0. The topological polar surface area (TPSA) is 101 Å². The number of thiophene rings is 1. The maximum Gasteiger partial charge on any atom is 0.171 e. The van der Waals surface area contributed by atoms with E-state index in [0.29, 0.717) is 12.1 Å². The fourth-order valence-electron chi connectivity index (χ4n) is 3.78. The van der Waals surface area contributed by atoms with Gasteiger partial charge in [-0.3, -0.25) is 0 Å². The molecular weight excluding hydrogens is 318 g/mol. The zero-order valence-corrected chi connectivity index (χ0v) is 14.1. The molecular formula is C18H17N5S. The molecule has 5 nitrogen and oxygen atoms in total. The lowest BCUT2D eigenvalue weighted by Gasteiger charge is -2.46. The van der Waals surface area contributed by atoms with Crippen molar-refractivity contribution in [1.29, 1.82) is 15.8 Å². The number of hydrogen-bond donors (Lipinski definition) is 1. The van der Waals surface area contributed by atoms with Crippen molar-refractivity contribution in [1.82, 2.24) is 4.90 Å². The molecule has 0 aromatic carbocycles. The summed E-state index contributed by atoms with van der Waals surface area (Å²) in [6.45, 7) is 3.56. The second-order valence-corrected chi connectivity index (χ2v) is 7.03. The van der Waals surface area contributed by atoms with E-state index in [-0.39, 0.29) is 11.8 Å². The van der Waals surface area contributed by atoms with Crippen molar-refractivity contribution in [3.8, 4) is 18.2 Å². The van der Waals surface area contributed by atoms with Crippen molar-refractivity contribution in [2.24, 2.45) is 17.1 Å². The molecule has 0 unspecified atom stereocenters. The summed E-state index contributed by atoms with van der Waals surface area (Å²) >= 11 is 1.53. The molecule has 0 fully saturated rings. The van der Waals surface area contributed by atoms with E-state index < -0.39 is 11.5 Å². The standard InChI is InChI=1S/C18H17N5S/c1-2-23-6-5-12-13(8-19)17(22)18(10-20,11-21)16(14(12)9-23)15-4-3-7-24-15/h3-7,14,16-17H,2,9,22H2,1H3/t14-,16+,17+/m0/s1. The Morgan fingerprint density at radius 3 is 2.67 bits per heavy atom. The van der Waals surface area contributed by atoms with Crippen LogP contribution in [-0.4, -0.2) is 24.0 Å². The molecule has 0 saturated heterocycles. The highest BCUT2D eigenvalue weighted by Crippen LogP contribution is 2.53. The second-order valence-electron chi connectivity index (χ2n) is 6.05. The second kappa shape index (κ2) is 6.13. The van der Waals surface area contributed by atoms with Gasteiger partial charge in [-0.15, -0.1) is 11.3 Å². The van der Waals surface area contributed by atoms with E-state index >= 15 is 0 Å². The summed E-state index contributed by atoms with van der Waals surface area (Å²) in [5.74, 6) is -0.434. The lowest BCUT2D eigenvalue weighted by Crippen LogP contribution is -2.53. The summed E-state index contributed by atoms with van der Waals surface area (Å²) in [4.78, 5) is 3.11. The molecule has 2 N–H and O–H groups in total. The highest BCUT2D eigenvalue weighted by Gasteiger charge is 2.56. The average Bonchev–Trinajstić information content (AvgIpc) is 3.14. The molecule has 0 amide bonds. The molecule has 1 aliphatic carbocycles. The fraction of sp³-hybridized carbons (Fsp3) is 0.389. The number of nitrogens with two attached hydrogens (primary N) is 1. The van der Waals surface area contributed by atoms with Gasteiger partial charge in [-0.2, -0.15) is 15.8 Å². The van der Waals surface area contributed by atoms with Gasteiger partial charge in [-0.1, -0.05) is 6.07 Å². The Morgan fingerprint density at radius 2 is 2.12 bits per heavy atom. The van der Waals surface area contributed by atoms with Crippen LogP contribution < -0.4 is 5.73 Å². The third-order valence-corrected chi connectivity index (χ3v) is 6.00. The quantitative estimate of drug-likeness (QED) is 0.895. The Balaban J connectivity index is 2.28. The van der Waals surface area contributed by atoms with E-state index in [2.05, 4.69) is 30.0 Å². The van der Waals surface area contributed by atoms with Crippen LogP contribution in [-0.2, 0) is 0 Å². The first-order chi connectivity index (χ1) is 11.6. The van der Waals surface area contributed by atoms with Gasteiger partial charge in [-0.05, 0) is 36.2 Å². The first kappa shape index (κ1) is 16.3. The highest BCUT2D eigenvalue weighted by atomic mass is 32.1. The van der Waals surface area contributed by atoms with Gasteiger partial charge in [0.1, 0.15) is 0 Å². The number of rotatable bonds is 2. The zero-order valence-electron chi connectivity index (χ0n) is 13.3. The van der Waals surface area contributed by atoms with E-state index in [9.17, 15) is 15.8 Å². The van der Waals surface area contributed by atoms with Crippen LogP contribution in [0.3, 0.4) is 0 Å². The Bertz CT molecular complexity index is 801. The van der Waals surface area contributed by atoms with Gasteiger partial charge < -0.3 is 10.6 Å². The van der Waals surface area contributed by atoms with Crippen LogP contribution >= 0.6 is 11.3 Å². The molecule has 0 radical (unpaired) electrons. The SMILES string of the molecule is CCN1C=CC2=C(C#N)[C@@H](N)C(C#N)(C#N)[C@@H](c3cccs3)[C@H]2C1.